The molecular formula is C13H25NO. The van der Waals surface area contributed by atoms with Crippen molar-refractivity contribution in [2.24, 2.45) is 5.92 Å². The molecule has 0 spiro atoms. The van der Waals surface area contributed by atoms with Gasteiger partial charge in [-0.15, -0.1) is 0 Å². The van der Waals surface area contributed by atoms with Gasteiger partial charge in [-0.05, 0) is 45.4 Å². The van der Waals surface area contributed by atoms with E-state index in [1.165, 1.54) is 38.5 Å². The van der Waals surface area contributed by atoms with Crippen LogP contribution in [0.25, 0.3) is 0 Å². The molecule has 2 fully saturated rings. The van der Waals surface area contributed by atoms with Crippen molar-refractivity contribution in [3.05, 3.63) is 0 Å². The highest BCUT2D eigenvalue weighted by Gasteiger charge is 2.25. The molecule has 1 aliphatic heterocycles. The smallest absolute Gasteiger partial charge is 0.0704 e. The minimum absolute atomic E-state index is 0.476. The second kappa shape index (κ2) is 5.31. The summed E-state index contributed by atoms with van der Waals surface area (Å²) in [7, 11) is 0. The summed E-state index contributed by atoms with van der Waals surface area (Å²) < 4.78 is 5.81. The summed E-state index contributed by atoms with van der Waals surface area (Å²) >= 11 is 0. The molecule has 15 heavy (non-hydrogen) atoms. The van der Waals surface area contributed by atoms with E-state index in [9.17, 15) is 0 Å². The molecule has 0 bridgehead atoms. The van der Waals surface area contributed by atoms with E-state index in [1.807, 2.05) is 0 Å². The van der Waals surface area contributed by atoms with Crippen LogP contribution in [0.3, 0.4) is 0 Å². The predicted molar refractivity (Wildman–Crippen MR) is 63.0 cm³/mol. The van der Waals surface area contributed by atoms with Gasteiger partial charge in [0.15, 0.2) is 0 Å². The van der Waals surface area contributed by atoms with Gasteiger partial charge in [0.2, 0.25) is 0 Å². The van der Waals surface area contributed by atoms with Crippen LogP contribution in [-0.2, 0) is 4.74 Å². The van der Waals surface area contributed by atoms with Crippen LogP contribution in [-0.4, -0.2) is 24.8 Å². The largest absolute Gasteiger partial charge is 0.374 e. The average molecular weight is 211 g/mol. The fourth-order valence-electron chi connectivity index (χ4n) is 2.98. The Morgan fingerprint density at radius 2 is 1.93 bits per heavy atom. The van der Waals surface area contributed by atoms with Gasteiger partial charge in [-0.3, -0.25) is 0 Å². The summed E-state index contributed by atoms with van der Waals surface area (Å²) in [5, 5.41) is 3.66. The van der Waals surface area contributed by atoms with Gasteiger partial charge in [0.05, 0.1) is 12.2 Å². The van der Waals surface area contributed by atoms with Crippen LogP contribution in [0.2, 0.25) is 0 Å². The van der Waals surface area contributed by atoms with Crippen molar-refractivity contribution < 1.29 is 4.74 Å². The lowest BCUT2D eigenvalue weighted by atomic mass is 9.99. The Hall–Kier alpha value is -0.0800. The molecule has 1 aliphatic carbocycles. The highest BCUT2D eigenvalue weighted by atomic mass is 16.5. The van der Waals surface area contributed by atoms with Crippen molar-refractivity contribution in [1.82, 2.24) is 5.32 Å². The van der Waals surface area contributed by atoms with E-state index in [4.69, 9.17) is 4.74 Å². The Bertz CT molecular complexity index is 189. The Morgan fingerprint density at radius 1 is 1.20 bits per heavy atom. The van der Waals surface area contributed by atoms with Crippen LogP contribution in [0.4, 0.5) is 0 Å². The molecule has 0 aromatic heterocycles. The van der Waals surface area contributed by atoms with Gasteiger partial charge >= 0.3 is 0 Å². The molecule has 2 nitrogen and oxygen atoms in total. The summed E-state index contributed by atoms with van der Waals surface area (Å²) in [4.78, 5) is 0. The maximum Gasteiger partial charge on any atom is 0.0704 e. The minimum Gasteiger partial charge on any atom is -0.374 e. The zero-order chi connectivity index (χ0) is 10.7. The van der Waals surface area contributed by atoms with Gasteiger partial charge in [-0.1, -0.05) is 12.8 Å². The fourth-order valence-corrected chi connectivity index (χ4v) is 2.98. The molecule has 1 saturated carbocycles. The van der Waals surface area contributed by atoms with Gasteiger partial charge in [0, 0.05) is 12.6 Å². The number of hydrogen-bond acceptors (Lipinski definition) is 2. The molecule has 0 radical (unpaired) electrons. The van der Waals surface area contributed by atoms with E-state index in [0.717, 1.165) is 12.5 Å². The molecule has 2 rings (SSSR count). The van der Waals surface area contributed by atoms with Crippen molar-refractivity contribution in [2.45, 2.75) is 70.6 Å². The van der Waals surface area contributed by atoms with Gasteiger partial charge in [0.25, 0.3) is 0 Å². The SMILES string of the molecule is CC1CCC(CN[C@@H](C)C2CCCC2)O1. The second-order valence-electron chi connectivity index (χ2n) is 5.39. The number of rotatable bonds is 4. The zero-order valence-corrected chi connectivity index (χ0v) is 10.2. The summed E-state index contributed by atoms with van der Waals surface area (Å²) in [6.45, 7) is 5.58. The quantitative estimate of drug-likeness (QED) is 0.772. The Balaban J connectivity index is 1.64. The lowest BCUT2D eigenvalue weighted by Crippen LogP contribution is -2.37. The van der Waals surface area contributed by atoms with Gasteiger partial charge in [-0.25, -0.2) is 0 Å². The molecule has 0 amide bonds. The lowest BCUT2D eigenvalue weighted by molar-refractivity contribution is 0.0534. The van der Waals surface area contributed by atoms with Crippen LogP contribution >= 0.6 is 0 Å². The zero-order valence-electron chi connectivity index (χ0n) is 10.2. The molecule has 3 atom stereocenters. The van der Waals surface area contributed by atoms with E-state index in [1.54, 1.807) is 0 Å². The third-order valence-electron chi connectivity index (χ3n) is 4.09. The maximum atomic E-state index is 5.81. The van der Waals surface area contributed by atoms with Crippen molar-refractivity contribution in [3.63, 3.8) is 0 Å². The third-order valence-corrected chi connectivity index (χ3v) is 4.09. The van der Waals surface area contributed by atoms with Gasteiger partial charge < -0.3 is 10.1 Å². The van der Waals surface area contributed by atoms with Gasteiger partial charge in [0.1, 0.15) is 0 Å². The molecule has 2 heteroatoms. The average Bonchev–Trinajstić information content (AvgIpc) is 2.84. The number of ether oxygens (including phenoxy) is 1. The van der Waals surface area contributed by atoms with Crippen LogP contribution in [0.1, 0.15) is 52.4 Å². The molecule has 1 heterocycles. The van der Waals surface area contributed by atoms with E-state index in [-0.39, 0.29) is 0 Å². The van der Waals surface area contributed by atoms with E-state index in [2.05, 4.69) is 19.2 Å². The first-order valence-corrected chi connectivity index (χ1v) is 6.64. The lowest BCUT2D eigenvalue weighted by Gasteiger charge is -2.22. The van der Waals surface area contributed by atoms with Crippen molar-refractivity contribution >= 4 is 0 Å². The standard InChI is InChI=1S/C13H25NO/c1-10-7-8-13(15-10)9-14-11(2)12-5-3-4-6-12/h10-14H,3-9H2,1-2H3/t10?,11-,13?/m0/s1. The molecule has 1 saturated heterocycles. The highest BCUT2D eigenvalue weighted by molar-refractivity contribution is 4.80. The van der Waals surface area contributed by atoms with E-state index >= 15 is 0 Å². The van der Waals surface area contributed by atoms with Crippen molar-refractivity contribution in [3.8, 4) is 0 Å². The molecule has 2 aliphatic rings. The molecule has 0 aromatic rings. The van der Waals surface area contributed by atoms with Crippen LogP contribution in [0.5, 0.6) is 0 Å². The molecule has 0 aromatic carbocycles. The predicted octanol–water partition coefficient (Wildman–Crippen LogP) is 2.72. The first kappa shape index (κ1) is 11.4. The highest BCUT2D eigenvalue weighted by Crippen LogP contribution is 2.27. The maximum absolute atomic E-state index is 5.81. The topological polar surface area (TPSA) is 21.3 Å². The summed E-state index contributed by atoms with van der Waals surface area (Å²) in [5.41, 5.74) is 0. The van der Waals surface area contributed by atoms with Crippen LogP contribution in [0.15, 0.2) is 0 Å². The number of hydrogen-bond donors (Lipinski definition) is 1. The summed E-state index contributed by atoms with van der Waals surface area (Å²) in [6, 6.07) is 0.687. The Labute approximate surface area is 93.8 Å². The summed E-state index contributed by atoms with van der Waals surface area (Å²) in [5.74, 6) is 0.920. The normalized spacial score (nSPS) is 34.8. The van der Waals surface area contributed by atoms with Crippen LogP contribution < -0.4 is 5.32 Å². The van der Waals surface area contributed by atoms with E-state index < -0.39 is 0 Å². The third kappa shape index (κ3) is 3.18. The minimum atomic E-state index is 0.476. The monoisotopic (exact) mass is 211 g/mol. The fraction of sp³-hybridized carbons (Fsp3) is 1.00. The Morgan fingerprint density at radius 3 is 2.53 bits per heavy atom. The summed E-state index contributed by atoms with van der Waals surface area (Å²) in [6.07, 6.45) is 9.17. The molecule has 2 unspecified atom stereocenters. The first-order chi connectivity index (χ1) is 7.25. The van der Waals surface area contributed by atoms with Crippen molar-refractivity contribution in [2.75, 3.05) is 6.54 Å². The number of nitrogens with one attached hydrogen (secondary N) is 1. The molecular weight excluding hydrogens is 186 g/mol. The van der Waals surface area contributed by atoms with Crippen molar-refractivity contribution in [1.29, 1.82) is 0 Å². The molecule has 88 valence electrons. The van der Waals surface area contributed by atoms with Crippen LogP contribution in [0, 0.1) is 5.92 Å². The first-order valence-electron chi connectivity index (χ1n) is 6.64. The molecule has 1 N–H and O–H groups in total. The second-order valence-corrected chi connectivity index (χ2v) is 5.39. The van der Waals surface area contributed by atoms with E-state index in [0.29, 0.717) is 18.2 Å². The van der Waals surface area contributed by atoms with Gasteiger partial charge in [-0.2, -0.15) is 0 Å². The Kier molecular flexibility index (Phi) is 4.04.